The molecule has 0 aliphatic heterocycles. The lowest BCUT2D eigenvalue weighted by atomic mass is 10.1. The Bertz CT molecular complexity index is 619. The number of nitrogens with one attached hydrogen (secondary N) is 1. The lowest BCUT2D eigenvalue weighted by Crippen LogP contribution is -2.41. The van der Waals surface area contributed by atoms with Gasteiger partial charge in [0.05, 0.1) is 7.11 Å². The fraction of sp³-hybridized carbons (Fsp3) is 0.500. The summed E-state index contributed by atoms with van der Waals surface area (Å²) in [7, 11) is -2.97. The molecule has 0 aliphatic rings. The van der Waals surface area contributed by atoms with Gasteiger partial charge in [-0.25, -0.2) is 13.2 Å². The molecule has 0 unspecified atom stereocenters. The van der Waals surface area contributed by atoms with Gasteiger partial charge in [-0.3, -0.25) is 4.79 Å². The van der Waals surface area contributed by atoms with E-state index in [0.29, 0.717) is 0 Å². The van der Waals surface area contributed by atoms with Crippen LogP contribution in [0.1, 0.15) is 29.9 Å². The Labute approximate surface area is 127 Å². The van der Waals surface area contributed by atoms with Crippen molar-refractivity contribution < 1.29 is 27.9 Å². The molecule has 0 aliphatic carbocycles. The third-order valence-corrected chi connectivity index (χ3v) is 5.13. The molecule has 9 heteroatoms. The van der Waals surface area contributed by atoms with Crippen molar-refractivity contribution in [2.75, 3.05) is 7.11 Å². The van der Waals surface area contributed by atoms with E-state index in [0.717, 1.165) is 18.4 Å². The van der Waals surface area contributed by atoms with Crippen LogP contribution in [0, 0.1) is 5.92 Å². The molecule has 118 valence electrons. The highest BCUT2D eigenvalue weighted by molar-refractivity contribution is 7.89. The number of sulfonamides is 1. The van der Waals surface area contributed by atoms with Gasteiger partial charge in [0.25, 0.3) is 0 Å². The highest BCUT2D eigenvalue weighted by atomic mass is 32.2. The van der Waals surface area contributed by atoms with E-state index in [2.05, 4.69) is 9.46 Å². The number of carboxylic acid groups (broad SMARTS) is 1. The van der Waals surface area contributed by atoms with Gasteiger partial charge in [-0.2, -0.15) is 4.72 Å². The van der Waals surface area contributed by atoms with E-state index in [-0.39, 0.29) is 22.1 Å². The van der Waals surface area contributed by atoms with E-state index in [1.54, 1.807) is 13.8 Å². The Morgan fingerprint density at radius 1 is 1.43 bits per heavy atom. The van der Waals surface area contributed by atoms with Crippen LogP contribution < -0.4 is 4.72 Å². The van der Waals surface area contributed by atoms with Gasteiger partial charge in [-0.15, -0.1) is 11.3 Å². The second-order valence-corrected chi connectivity index (χ2v) is 7.35. The first kappa shape index (κ1) is 17.6. The summed E-state index contributed by atoms with van der Waals surface area (Å²) < 4.78 is 31.1. The summed E-state index contributed by atoms with van der Waals surface area (Å²) in [6.45, 7) is 3.57. The first-order chi connectivity index (χ1) is 9.69. The number of esters is 1. The van der Waals surface area contributed by atoms with Crippen molar-refractivity contribution in [3.8, 4) is 0 Å². The molecule has 0 saturated carbocycles. The zero-order valence-corrected chi connectivity index (χ0v) is 13.5. The molecular formula is C12H17NO6S2. The minimum Gasteiger partial charge on any atom is -0.480 e. The summed E-state index contributed by atoms with van der Waals surface area (Å²) in [6.07, 6.45) is 0.145. The van der Waals surface area contributed by atoms with Crippen LogP contribution in [0.2, 0.25) is 0 Å². The zero-order valence-electron chi connectivity index (χ0n) is 11.8. The molecule has 1 atom stereocenters. The SMILES string of the molecule is COC(=O)c1sccc1S(=O)(=O)N[C@H](CC(C)C)C(=O)O. The minimum atomic E-state index is -4.11. The summed E-state index contributed by atoms with van der Waals surface area (Å²) >= 11 is 0.917. The maximum Gasteiger partial charge on any atom is 0.349 e. The summed E-state index contributed by atoms with van der Waals surface area (Å²) in [5, 5.41) is 10.5. The maximum atomic E-state index is 12.3. The fourth-order valence-electron chi connectivity index (χ4n) is 1.67. The van der Waals surface area contributed by atoms with Gasteiger partial charge in [0.2, 0.25) is 10.0 Å². The fourth-order valence-corrected chi connectivity index (χ4v) is 4.21. The molecule has 7 nitrogen and oxygen atoms in total. The maximum absolute atomic E-state index is 12.3. The van der Waals surface area contributed by atoms with Crippen LogP contribution in [0.15, 0.2) is 16.3 Å². The Morgan fingerprint density at radius 3 is 2.52 bits per heavy atom. The third-order valence-electron chi connectivity index (χ3n) is 2.59. The van der Waals surface area contributed by atoms with E-state index in [4.69, 9.17) is 5.11 Å². The molecule has 21 heavy (non-hydrogen) atoms. The van der Waals surface area contributed by atoms with Crippen molar-refractivity contribution in [1.29, 1.82) is 0 Å². The number of hydrogen-bond donors (Lipinski definition) is 2. The Kier molecular flexibility index (Phi) is 5.87. The van der Waals surface area contributed by atoms with E-state index in [1.165, 1.54) is 11.4 Å². The number of hydrogen-bond acceptors (Lipinski definition) is 6. The Hall–Kier alpha value is -1.45. The van der Waals surface area contributed by atoms with E-state index < -0.39 is 28.0 Å². The smallest absolute Gasteiger partial charge is 0.349 e. The Morgan fingerprint density at radius 2 is 2.05 bits per heavy atom. The van der Waals surface area contributed by atoms with Gasteiger partial charge in [0, 0.05) is 0 Å². The van der Waals surface area contributed by atoms with E-state index in [1.807, 2.05) is 0 Å². The van der Waals surface area contributed by atoms with Crippen LogP contribution >= 0.6 is 11.3 Å². The monoisotopic (exact) mass is 335 g/mol. The van der Waals surface area contributed by atoms with Crippen molar-refractivity contribution in [3.05, 3.63) is 16.3 Å². The first-order valence-electron chi connectivity index (χ1n) is 6.10. The molecule has 0 amide bonds. The summed E-state index contributed by atoms with van der Waals surface area (Å²) in [4.78, 5) is 22.3. The number of methoxy groups -OCH3 is 1. The van der Waals surface area contributed by atoms with Crippen molar-refractivity contribution in [3.63, 3.8) is 0 Å². The van der Waals surface area contributed by atoms with Crippen LogP contribution in [0.25, 0.3) is 0 Å². The van der Waals surface area contributed by atoms with Crippen molar-refractivity contribution in [2.24, 2.45) is 5.92 Å². The van der Waals surface area contributed by atoms with Crippen LogP contribution in [-0.4, -0.2) is 38.6 Å². The number of carbonyl (C=O) groups is 2. The number of ether oxygens (including phenoxy) is 1. The second-order valence-electron chi connectivity index (χ2n) is 4.75. The third kappa shape index (κ3) is 4.51. The van der Waals surface area contributed by atoms with Crippen LogP contribution in [0.4, 0.5) is 0 Å². The lowest BCUT2D eigenvalue weighted by molar-refractivity contribution is -0.139. The molecule has 1 heterocycles. The number of rotatable bonds is 7. The van der Waals surface area contributed by atoms with Crippen molar-refractivity contribution in [2.45, 2.75) is 31.2 Å². The molecule has 2 N–H and O–H groups in total. The van der Waals surface area contributed by atoms with Gasteiger partial charge in [-0.05, 0) is 23.8 Å². The highest BCUT2D eigenvalue weighted by Gasteiger charge is 2.30. The molecule has 0 bridgehead atoms. The first-order valence-corrected chi connectivity index (χ1v) is 8.46. The predicted molar refractivity (Wildman–Crippen MR) is 76.9 cm³/mol. The van der Waals surface area contributed by atoms with Gasteiger partial charge < -0.3 is 9.84 Å². The molecule has 1 aromatic rings. The molecule has 1 rings (SSSR count). The number of thiophene rings is 1. The van der Waals surface area contributed by atoms with E-state index >= 15 is 0 Å². The topological polar surface area (TPSA) is 110 Å². The molecular weight excluding hydrogens is 318 g/mol. The molecule has 0 radical (unpaired) electrons. The van der Waals surface area contributed by atoms with Crippen LogP contribution in [-0.2, 0) is 19.6 Å². The molecule has 0 spiro atoms. The van der Waals surface area contributed by atoms with Crippen LogP contribution in [0.3, 0.4) is 0 Å². The quantitative estimate of drug-likeness (QED) is 0.727. The van der Waals surface area contributed by atoms with Gasteiger partial charge in [0.1, 0.15) is 15.8 Å². The zero-order chi connectivity index (χ0) is 16.2. The average molecular weight is 335 g/mol. The standard InChI is InChI=1S/C12H17NO6S2/c1-7(2)6-8(11(14)15)13-21(17,18)9-4-5-20-10(9)12(16)19-3/h4-5,7-8,13H,6H2,1-3H3,(H,14,15)/t8-/m1/s1. The summed E-state index contributed by atoms with van der Waals surface area (Å²) in [5.41, 5.74) is 0. The predicted octanol–water partition coefficient (Wildman–Crippen LogP) is 1.31. The average Bonchev–Trinajstić information content (AvgIpc) is 2.86. The van der Waals surface area contributed by atoms with Gasteiger partial charge in [-0.1, -0.05) is 13.8 Å². The second kappa shape index (κ2) is 7.01. The number of carboxylic acids is 1. The molecule has 1 aromatic heterocycles. The van der Waals surface area contributed by atoms with Crippen molar-refractivity contribution >= 4 is 33.3 Å². The summed E-state index contributed by atoms with van der Waals surface area (Å²) in [5.74, 6) is -2.04. The van der Waals surface area contributed by atoms with Crippen LogP contribution in [0.5, 0.6) is 0 Å². The number of aliphatic carboxylic acids is 1. The lowest BCUT2D eigenvalue weighted by Gasteiger charge is -2.16. The van der Waals surface area contributed by atoms with E-state index in [9.17, 15) is 18.0 Å². The largest absolute Gasteiger partial charge is 0.480 e. The summed E-state index contributed by atoms with van der Waals surface area (Å²) in [6, 6.07) is -0.00604. The Balaban J connectivity index is 3.08. The van der Waals surface area contributed by atoms with Crippen molar-refractivity contribution in [1.82, 2.24) is 4.72 Å². The molecule has 0 aromatic carbocycles. The minimum absolute atomic E-state index is 0.00338. The molecule has 0 fully saturated rings. The van der Waals surface area contributed by atoms with Gasteiger partial charge >= 0.3 is 11.9 Å². The normalized spacial score (nSPS) is 13.1. The van der Waals surface area contributed by atoms with Gasteiger partial charge in [0.15, 0.2) is 0 Å². The molecule has 0 saturated heterocycles. The highest BCUT2D eigenvalue weighted by Crippen LogP contribution is 2.23. The number of carbonyl (C=O) groups excluding carboxylic acids is 1.